The number of piperidine rings is 1. The van der Waals surface area contributed by atoms with Crippen LogP contribution in [-0.4, -0.2) is 40.7 Å². The lowest BCUT2D eigenvalue weighted by atomic mass is 10.0. The minimum absolute atomic E-state index is 0.594. The van der Waals surface area contributed by atoms with E-state index in [1.165, 1.54) is 38.9 Å². The van der Waals surface area contributed by atoms with Crippen molar-refractivity contribution in [2.75, 3.05) is 19.6 Å². The number of likely N-dealkylation sites (tertiary alicyclic amines) is 1. The minimum atomic E-state index is 0.594. The van der Waals surface area contributed by atoms with E-state index in [2.05, 4.69) is 34.2 Å². The van der Waals surface area contributed by atoms with Crippen molar-refractivity contribution in [3.63, 3.8) is 0 Å². The van der Waals surface area contributed by atoms with Gasteiger partial charge in [-0.1, -0.05) is 19.0 Å². The van der Waals surface area contributed by atoms with Gasteiger partial charge in [-0.25, -0.2) is 0 Å². The van der Waals surface area contributed by atoms with Crippen molar-refractivity contribution >= 4 is 0 Å². The van der Waals surface area contributed by atoms with Crippen molar-refractivity contribution in [1.29, 1.82) is 0 Å². The number of hydrogen-bond acceptors (Lipinski definition) is 5. The summed E-state index contributed by atoms with van der Waals surface area (Å²) in [5.74, 6) is 1.51. The first-order valence-corrected chi connectivity index (χ1v) is 6.45. The molecule has 17 heavy (non-hydrogen) atoms. The molecule has 0 aliphatic carbocycles. The Labute approximate surface area is 103 Å². The first kappa shape index (κ1) is 12.5. The Kier molecular flexibility index (Phi) is 4.50. The number of hydrogen-bond donors (Lipinski definition) is 1. The molecule has 1 aromatic heterocycles. The zero-order valence-corrected chi connectivity index (χ0v) is 10.7. The summed E-state index contributed by atoms with van der Waals surface area (Å²) in [6, 6.07) is 0.594. The van der Waals surface area contributed by atoms with Crippen LogP contribution < -0.4 is 5.32 Å². The van der Waals surface area contributed by atoms with Crippen LogP contribution in [0.4, 0.5) is 0 Å². The maximum absolute atomic E-state index is 4.71. The molecule has 0 amide bonds. The summed E-state index contributed by atoms with van der Waals surface area (Å²) >= 11 is 0. The predicted molar refractivity (Wildman–Crippen MR) is 65.4 cm³/mol. The van der Waals surface area contributed by atoms with E-state index in [9.17, 15) is 0 Å². The summed E-state index contributed by atoms with van der Waals surface area (Å²) in [5.41, 5.74) is 0. The average Bonchev–Trinajstić information content (AvgIpc) is 2.80. The quantitative estimate of drug-likeness (QED) is 0.837. The van der Waals surface area contributed by atoms with Crippen LogP contribution in [0.2, 0.25) is 0 Å². The Hall–Kier alpha value is -0.940. The molecule has 0 radical (unpaired) electrons. The van der Waals surface area contributed by atoms with Gasteiger partial charge < -0.3 is 14.7 Å². The molecule has 1 aliphatic heterocycles. The second-order valence-corrected chi connectivity index (χ2v) is 5.20. The number of nitrogens with one attached hydrogen (secondary N) is 1. The van der Waals surface area contributed by atoms with Crippen molar-refractivity contribution < 1.29 is 4.52 Å². The molecule has 1 aliphatic rings. The third-order valence-corrected chi connectivity index (χ3v) is 3.17. The monoisotopic (exact) mass is 238 g/mol. The Morgan fingerprint density at radius 3 is 2.82 bits per heavy atom. The van der Waals surface area contributed by atoms with Crippen LogP contribution in [0, 0.1) is 5.92 Å². The summed E-state index contributed by atoms with van der Waals surface area (Å²) in [5, 5.41) is 7.28. The number of nitrogens with zero attached hydrogens (tertiary/aromatic N) is 3. The van der Waals surface area contributed by atoms with Crippen molar-refractivity contribution in [3.8, 4) is 0 Å². The summed E-state index contributed by atoms with van der Waals surface area (Å²) < 4.78 is 4.71. The molecular weight excluding hydrogens is 216 g/mol. The molecule has 1 aromatic rings. The normalized spacial score (nSPS) is 19.0. The van der Waals surface area contributed by atoms with E-state index in [0.717, 1.165) is 11.7 Å². The van der Waals surface area contributed by atoms with Crippen LogP contribution >= 0.6 is 0 Å². The summed E-state index contributed by atoms with van der Waals surface area (Å²) in [6.07, 6.45) is 3.80. The van der Waals surface area contributed by atoms with Crippen LogP contribution in [-0.2, 0) is 6.54 Å². The fourth-order valence-corrected chi connectivity index (χ4v) is 2.34. The van der Waals surface area contributed by atoms with Gasteiger partial charge in [-0.3, -0.25) is 0 Å². The molecular formula is C12H22N4O. The fourth-order valence-electron chi connectivity index (χ4n) is 2.34. The zero-order valence-electron chi connectivity index (χ0n) is 10.7. The summed E-state index contributed by atoms with van der Waals surface area (Å²) in [6.45, 7) is 8.88. The van der Waals surface area contributed by atoms with E-state index >= 15 is 0 Å². The third-order valence-electron chi connectivity index (χ3n) is 3.17. The molecule has 0 bridgehead atoms. The first-order chi connectivity index (χ1) is 8.24. The topological polar surface area (TPSA) is 54.2 Å². The van der Waals surface area contributed by atoms with Gasteiger partial charge in [-0.2, -0.15) is 4.98 Å². The van der Waals surface area contributed by atoms with E-state index in [4.69, 9.17) is 4.52 Å². The maximum Gasteiger partial charge on any atom is 0.213 e. The van der Waals surface area contributed by atoms with E-state index in [1.54, 1.807) is 0 Å². The average molecular weight is 238 g/mol. The highest BCUT2D eigenvalue weighted by Crippen LogP contribution is 2.12. The number of rotatable bonds is 5. The summed E-state index contributed by atoms with van der Waals surface area (Å²) in [4.78, 5) is 6.56. The van der Waals surface area contributed by atoms with E-state index in [-0.39, 0.29) is 0 Å². The highest BCUT2D eigenvalue weighted by Gasteiger charge is 2.19. The fraction of sp³-hybridized carbons (Fsp3) is 0.833. The van der Waals surface area contributed by atoms with Gasteiger partial charge in [0, 0.05) is 12.6 Å². The van der Waals surface area contributed by atoms with Gasteiger partial charge in [0.2, 0.25) is 6.39 Å². The van der Waals surface area contributed by atoms with Gasteiger partial charge >= 0.3 is 0 Å². The van der Waals surface area contributed by atoms with Crippen LogP contribution in [0.25, 0.3) is 0 Å². The highest BCUT2D eigenvalue weighted by atomic mass is 16.5. The largest absolute Gasteiger partial charge is 0.343 e. The molecule has 5 nitrogen and oxygen atoms in total. The molecule has 0 spiro atoms. The molecule has 1 saturated heterocycles. The molecule has 0 atom stereocenters. The Bertz CT molecular complexity index is 304. The third kappa shape index (κ3) is 4.09. The Morgan fingerprint density at radius 2 is 2.24 bits per heavy atom. The zero-order chi connectivity index (χ0) is 12.1. The van der Waals surface area contributed by atoms with Crippen molar-refractivity contribution in [2.45, 2.75) is 39.3 Å². The molecule has 1 N–H and O–H groups in total. The molecule has 0 saturated carbocycles. The molecule has 0 aromatic carbocycles. The van der Waals surface area contributed by atoms with Gasteiger partial charge in [-0.05, 0) is 31.8 Å². The van der Waals surface area contributed by atoms with E-state index in [1.807, 2.05) is 0 Å². The lowest BCUT2D eigenvalue weighted by Crippen LogP contribution is -2.43. The first-order valence-electron chi connectivity index (χ1n) is 6.45. The van der Waals surface area contributed by atoms with Crippen LogP contribution in [0.1, 0.15) is 32.5 Å². The van der Waals surface area contributed by atoms with E-state index in [0.29, 0.717) is 12.6 Å². The number of aromatic nitrogens is 2. The van der Waals surface area contributed by atoms with Crippen LogP contribution in [0.5, 0.6) is 0 Å². The maximum atomic E-state index is 4.71. The molecule has 2 rings (SSSR count). The SMILES string of the molecule is CC(C)CN1CCC(NCc2ncon2)CC1. The highest BCUT2D eigenvalue weighted by molar-refractivity contribution is 4.82. The Morgan fingerprint density at radius 1 is 1.47 bits per heavy atom. The lowest BCUT2D eigenvalue weighted by molar-refractivity contribution is 0.179. The van der Waals surface area contributed by atoms with Gasteiger partial charge in [0.25, 0.3) is 0 Å². The van der Waals surface area contributed by atoms with Gasteiger partial charge in [0.1, 0.15) is 0 Å². The second-order valence-electron chi connectivity index (χ2n) is 5.20. The smallest absolute Gasteiger partial charge is 0.213 e. The second kappa shape index (κ2) is 6.12. The van der Waals surface area contributed by atoms with Crippen molar-refractivity contribution in [2.24, 2.45) is 5.92 Å². The van der Waals surface area contributed by atoms with E-state index < -0.39 is 0 Å². The molecule has 0 unspecified atom stereocenters. The Balaban J connectivity index is 1.65. The van der Waals surface area contributed by atoms with Gasteiger partial charge in [-0.15, -0.1) is 0 Å². The van der Waals surface area contributed by atoms with Gasteiger partial charge in [0.15, 0.2) is 5.82 Å². The molecule has 96 valence electrons. The van der Waals surface area contributed by atoms with Crippen molar-refractivity contribution in [3.05, 3.63) is 12.2 Å². The van der Waals surface area contributed by atoms with Crippen LogP contribution in [0.15, 0.2) is 10.9 Å². The molecule has 1 fully saturated rings. The predicted octanol–water partition coefficient (Wildman–Crippen LogP) is 1.28. The molecule has 2 heterocycles. The minimum Gasteiger partial charge on any atom is -0.343 e. The standard InChI is InChI=1S/C12H22N4O/c1-10(2)8-16-5-3-11(4-6-16)13-7-12-14-9-17-15-12/h9-11,13H,3-8H2,1-2H3. The van der Waals surface area contributed by atoms with Crippen molar-refractivity contribution in [1.82, 2.24) is 20.4 Å². The summed E-state index contributed by atoms with van der Waals surface area (Å²) in [7, 11) is 0. The van der Waals surface area contributed by atoms with Gasteiger partial charge in [0.05, 0.1) is 6.54 Å². The molecule has 5 heteroatoms. The lowest BCUT2D eigenvalue weighted by Gasteiger charge is -2.33. The van der Waals surface area contributed by atoms with Crippen LogP contribution in [0.3, 0.4) is 0 Å².